The second-order valence-electron chi connectivity index (χ2n) is 4.93. The second kappa shape index (κ2) is 8.19. The first-order valence-electron chi connectivity index (χ1n) is 7.41. The van der Waals surface area contributed by atoms with Crippen LogP contribution in [0.4, 0.5) is 0 Å². The zero-order valence-corrected chi connectivity index (χ0v) is 13.4. The highest BCUT2D eigenvalue weighted by atomic mass is 31.1. The molecule has 0 saturated heterocycles. The van der Waals surface area contributed by atoms with E-state index in [4.69, 9.17) is 0 Å². The van der Waals surface area contributed by atoms with E-state index in [1.54, 1.807) is 0 Å². The molecule has 0 amide bonds. The highest BCUT2D eigenvalue weighted by molar-refractivity contribution is 7.55. The maximum Gasteiger partial charge on any atom is 0.0276 e. The van der Waals surface area contributed by atoms with Gasteiger partial charge in [-0.3, -0.25) is 4.67 Å². The van der Waals surface area contributed by atoms with E-state index in [0.29, 0.717) is 0 Å². The lowest BCUT2D eigenvalue weighted by molar-refractivity contribution is 0.445. The average Bonchev–Trinajstić information content (AvgIpc) is 2.50. The normalized spacial score (nSPS) is 11.2. The first-order valence-corrected chi connectivity index (χ1v) is 9.07. The predicted molar refractivity (Wildman–Crippen MR) is 90.1 cm³/mol. The maximum atomic E-state index is 2.67. The van der Waals surface area contributed by atoms with Crippen LogP contribution < -0.4 is 0 Å². The molecule has 0 spiro atoms. The topological polar surface area (TPSA) is 3.24 Å². The van der Waals surface area contributed by atoms with Gasteiger partial charge < -0.3 is 0 Å². The van der Waals surface area contributed by atoms with Crippen molar-refractivity contribution < 1.29 is 0 Å². The second-order valence-corrected chi connectivity index (χ2v) is 7.78. The van der Waals surface area contributed by atoms with Gasteiger partial charge in [0.05, 0.1) is 0 Å². The summed E-state index contributed by atoms with van der Waals surface area (Å²) in [6.45, 7) is 6.75. The average molecular weight is 285 g/mol. The molecule has 20 heavy (non-hydrogen) atoms. The maximum absolute atomic E-state index is 2.67. The summed E-state index contributed by atoms with van der Waals surface area (Å²) in [6, 6.07) is 21.7. The predicted octanol–water partition coefficient (Wildman–Crippen LogP) is 5.13. The van der Waals surface area contributed by atoms with E-state index in [2.05, 4.69) is 79.2 Å². The molecule has 2 rings (SSSR count). The molecule has 0 aliphatic rings. The fourth-order valence-electron chi connectivity index (χ4n) is 2.47. The van der Waals surface area contributed by atoms with Crippen molar-refractivity contribution in [2.45, 2.75) is 26.9 Å². The molecule has 0 N–H and O–H groups in total. The number of hydrogen-bond donors (Lipinski definition) is 0. The van der Waals surface area contributed by atoms with Gasteiger partial charge in [-0.1, -0.05) is 74.5 Å². The molecular formula is C18H24NP. The van der Waals surface area contributed by atoms with Gasteiger partial charge in [0.15, 0.2) is 0 Å². The van der Waals surface area contributed by atoms with Gasteiger partial charge in [0, 0.05) is 13.1 Å². The van der Waals surface area contributed by atoms with Crippen LogP contribution in [0.2, 0.25) is 0 Å². The number of rotatable bonds is 7. The van der Waals surface area contributed by atoms with Crippen molar-refractivity contribution in [3.8, 4) is 0 Å². The van der Waals surface area contributed by atoms with E-state index in [0.717, 1.165) is 13.1 Å². The third kappa shape index (κ3) is 4.44. The zero-order chi connectivity index (χ0) is 14.2. The van der Waals surface area contributed by atoms with Crippen LogP contribution in [0, 0.1) is 0 Å². The molecule has 0 saturated carbocycles. The molecule has 0 heterocycles. The molecule has 0 radical (unpaired) electrons. The van der Waals surface area contributed by atoms with Crippen molar-refractivity contribution in [1.82, 2.24) is 4.67 Å². The van der Waals surface area contributed by atoms with Crippen LogP contribution in [0.15, 0.2) is 60.7 Å². The molecule has 0 atom stereocenters. The van der Waals surface area contributed by atoms with Crippen molar-refractivity contribution in [2.75, 3.05) is 12.3 Å². The van der Waals surface area contributed by atoms with Crippen LogP contribution >= 0.6 is 8.07 Å². The molecule has 1 nitrogen and oxygen atoms in total. The van der Waals surface area contributed by atoms with Crippen LogP contribution in [0.25, 0.3) is 0 Å². The summed E-state index contributed by atoms with van der Waals surface area (Å²) in [6.07, 6.45) is 2.54. The third-order valence-electron chi connectivity index (χ3n) is 3.55. The molecule has 2 heteroatoms. The highest BCUT2D eigenvalue weighted by Crippen LogP contribution is 2.41. The van der Waals surface area contributed by atoms with E-state index in [9.17, 15) is 0 Å². The lowest BCUT2D eigenvalue weighted by Gasteiger charge is -2.30. The Morgan fingerprint density at radius 2 is 1.10 bits per heavy atom. The summed E-state index contributed by atoms with van der Waals surface area (Å²) >= 11 is 0. The smallest absolute Gasteiger partial charge is 0.0276 e. The molecule has 0 aliphatic carbocycles. The van der Waals surface area contributed by atoms with Crippen molar-refractivity contribution in [3.05, 3.63) is 71.8 Å². The van der Waals surface area contributed by atoms with Crippen molar-refractivity contribution in [1.29, 1.82) is 0 Å². The van der Waals surface area contributed by atoms with Crippen LogP contribution in [0.1, 0.15) is 25.0 Å². The molecule has 2 aromatic rings. The molecule has 0 aliphatic heterocycles. The van der Waals surface area contributed by atoms with E-state index in [1.165, 1.54) is 23.5 Å². The molecule has 0 fully saturated rings. The quantitative estimate of drug-likeness (QED) is 0.638. The Balaban J connectivity index is 2.12. The minimum Gasteiger partial charge on any atom is -0.273 e. The van der Waals surface area contributed by atoms with Crippen molar-refractivity contribution in [3.63, 3.8) is 0 Å². The standard InChI is InChI=1S/C18H24NP/c1-3-20(4-2)19(15-17-11-7-5-8-12-17)16-18-13-9-6-10-14-18/h5-14H,3-4,15-16H2,1-2H3. The van der Waals surface area contributed by atoms with Crippen LogP contribution in [0.5, 0.6) is 0 Å². The number of hydrogen-bond acceptors (Lipinski definition) is 1. The first kappa shape index (κ1) is 15.2. The van der Waals surface area contributed by atoms with Gasteiger partial charge in [-0.25, -0.2) is 0 Å². The Morgan fingerprint density at radius 3 is 1.45 bits per heavy atom. The van der Waals surface area contributed by atoms with Gasteiger partial charge >= 0.3 is 0 Å². The van der Waals surface area contributed by atoms with Crippen LogP contribution in [-0.4, -0.2) is 17.0 Å². The summed E-state index contributed by atoms with van der Waals surface area (Å²) < 4.78 is 2.67. The fourth-order valence-corrected chi connectivity index (χ4v) is 4.44. The van der Waals surface area contributed by atoms with E-state index >= 15 is 0 Å². The Labute approximate surface area is 124 Å². The minimum absolute atomic E-state index is 0.0337. The Kier molecular flexibility index (Phi) is 6.24. The molecule has 0 bridgehead atoms. The Hall–Kier alpha value is -1.17. The summed E-state index contributed by atoms with van der Waals surface area (Å²) in [5.74, 6) is 0. The highest BCUT2D eigenvalue weighted by Gasteiger charge is 2.15. The summed E-state index contributed by atoms with van der Waals surface area (Å²) in [7, 11) is -0.0337. The summed E-state index contributed by atoms with van der Waals surface area (Å²) in [5.41, 5.74) is 2.83. The van der Waals surface area contributed by atoms with E-state index < -0.39 is 0 Å². The molecule has 106 valence electrons. The van der Waals surface area contributed by atoms with Crippen LogP contribution in [-0.2, 0) is 13.1 Å². The van der Waals surface area contributed by atoms with Crippen molar-refractivity contribution >= 4 is 8.07 Å². The third-order valence-corrected chi connectivity index (χ3v) is 6.09. The van der Waals surface area contributed by atoms with Crippen LogP contribution in [0.3, 0.4) is 0 Å². The molecule has 0 aromatic heterocycles. The number of benzene rings is 2. The van der Waals surface area contributed by atoms with Gasteiger partial charge in [-0.2, -0.15) is 0 Å². The lowest BCUT2D eigenvalue weighted by atomic mass is 10.2. The zero-order valence-electron chi connectivity index (χ0n) is 12.5. The minimum atomic E-state index is -0.0337. The molecule has 0 unspecified atom stereocenters. The summed E-state index contributed by atoms with van der Waals surface area (Å²) in [5, 5.41) is 0. The summed E-state index contributed by atoms with van der Waals surface area (Å²) in [4.78, 5) is 0. The lowest BCUT2D eigenvalue weighted by Crippen LogP contribution is -2.19. The molecule has 2 aromatic carbocycles. The Bertz CT molecular complexity index is 438. The number of nitrogens with zero attached hydrogens (tertiary/aromatic N) is 1. The van der Waals surface area contributed by atoms with Gasteiger partial charge in [-0.05, 0) is 31.5 Å². The SMILES string of the molecule is CCP(CC)N(Cc1ccccc1)Cc1ccccc1. The van der Waals surface area contributed by atoms with E-state index in [-0.39, 0.29) is 8.07 Å². The van der Waals surface area contributed by atoms with Gasteiger partial charge in [0.1, 0.15) is 0 Å². The van der Waals surface area contributed by atoms with Gasteiger partial charge in [0.25, 0.3) is 0 Å². The monoisotopic (exact) mass is 285 g/mol. The first-order chi connectivity index (χ1) is 9.83. The van der Waals surface area contributed by atoms with Gasteiger partial charge in [-0.15, -0.1) is 0 Å². The Morgan fingerprint density at radius 1 is 0.700 bits per heavy atom. The fraction of sp³-hybridized carbons (Fsp3) is 0.333. The largest absolute Gasteiger partial charge is 0.273 e. The molecular weight excluding hydrogens is 261 g/mol. The van der Waals surface area contributed by atoms with Gasteiger partial charge in [0.2, 0.25) is 0 Å². The van der Waals surface area contributed by atoms with E-state index in [1.807, 2.05) is 0 Å². The van der Waals surface area contributed by atoms with Crippen molar-refractivity contribution in [2.24, 2.45) is 0 Å².